The molecule has 7 heteroatoms. The lowest BCUT2D eigenvalue weighted by Crippen LogP contribution is -2.40. The van der Waals surface area contributed by atoms with Crippen LogP contribution >= 0.6 is 0 Å². The number of alkyl halides is 3. The van der Waals surface area contributed by atoms with Crippen molar-refractivity contribution in [3.8, 4) is 0 Å². The molecule has 0 spiro atoms. The molecule has 3 nitrogen and oxygen atoms in total. The van der Waals surface area contributed by atoms with Gasteiger partial charge < -0.3 is 9.41 Å². The molecule has 18 heavy (non-hydrogen) atoms. The van der Waals surface area contributed by atoms with E-state index in [0.29, 0.717) is 0 Å². The van der Waals surface area contributed by atoms with Crippen molar-refractivity contribution >= 4 is 8.32 Å². The maximum absolute atomic E-state index is 12.4. The van der Waals surface area contributed by atoms with Gasteiger partial charge in [0, 0.05) is 0 Å². The molecule has 1 aromatic rings. The number of nitrogens with zero attached hydrogens (tertiary/aromatic N) is 1. The van der Waals surface area contributed by atoms with Crippen molar-refractivity contribution in [1.82, 2.24) is 9.97 Å². The average molecular weight is 280 g/mol. The third kappa shape index (κ3) is 3.58. The van der Waals surface area contributed by atoms with Gasteiger partial charge >= 0.3 is 6.18 Å². The third-order valence-electron chi connectivity index (χ3n) is 3.31. The second kappa shape index (κ2) is 4.69. The molecule has 0 aliphatic heterocycles. The Morgan fingerprint density at radius 1 is 1.28 bits per heavy atom. The summed E-state index contributed by atoms with van der Waals surface area (Å²) < 4.78 is 42.9. The van der Waals surface area contributed by atoms with Gasteiger partial charge in [0.15, 0.2) is 8.32 Å². The van der Waals surface area contributed by atoms with Crippen molar-refractivity contribution < 1.29 is 17.6 Å². The van der Waals surface area contributed by atoms with Crippen molar-refractivity contribution in [3.05, 3.63) is 17.7 Å². The number of aromatic amines is 1. The maximum atomic E-state index is 12.4. The smallest absolute Gasteiger partial charge is 0.409 e. The first-order valence-corrected chi connectivity index (χ1v) is 8.59. The fraction of sp³-hybridized carbons (Fsp3) is 0.727. The van der Waals surface area contributed by atoms with Gasteiger partial charge in [-0.3, -0.25) is 0 Å². The van der Waals surface area contributed by atoms with Crippen LogP contribution in [0.15, 0.2) is 6.20 Å². The maximum Gasteiger partial charge on any atom is 0.432 e. The lowest BCUT2D eigenvalue weighted by atomic mass is 10.2. The van der Waals surface area contributed by atoms with E-state index >= 15 is 0 Å². The number of nitrogens with one attached hydrogen (secondary N) is 1. The molecule has 0 atom stereocenters. The molecule has 104 valence electrons. The van der Waals surface area contributed by atoms with Crippen LogP contribution in [0.1, 0.15) is 32.3 Å². The van der Waals surface area contributed by atoms with E-state index < -0.39 is 20.2 Å². The van der Waals surface area contributed by atoms with Gasteiger partial charge in [-0.2, -0.15) is 13.2 Å². The Kier molecular flexibility index (Phi) is 3.97. The summed E-state index contributed by atoms with van der Waals surface area (Å²) in [6.07, 6.45) is -3.59. The van der Waals surface area contributed by atoms with Crippen LogP contribution in [0.25, 0.3) is 0 Å². The molecule has 0 radical (unpaired) electrons. The van der Waals surface area contributed by atoms with Crippen LogP contribution in [-0.2, 0) is 17.2 Å². The van der Waals surface area contributed by atoms with Crippen LogP contribution in [0.2, 0.25) is 18.1 Å². The number of hydrogen-bond donors (Lipinski definition) is 1. The number of imidazole rings is 1. The number of H-pyrrole nitrogens is 1. The van der Waals surface area contributed by atoms with Crippen LogP contribution in [-0.4, -0.2) is 18.3 Å². The summed E-state index contributed by atoms with van der Waals surface area (Å²) in [6, 6.07) is 0. The Morgan fingerprint density at radius 3 is 2.22 bits per heavy atom. The van der Waals surface area contributed by atoms with E-state index in [1.807, 2.05) is 13.1 Å². The molecule has 0 saturated carbocycles. The average Bonchev–Trinajstić information content (AvgIpc) is 2.60. The Labute approximate surface area is 106 Å². The Morgan fingerprint density at radius 2 is 1.83 bits per heavy atom. The zero-order valence-corrected chi connectivity index (χ0v) is 12.3. The predicted octanol–water partition coefficient (Wildman–Crippen LogP) is 3.95. The molecule has 0 fully saturated rings. The molecule has 0 saturated heterocycles. The number of hydrogen-bond acceptors (Lipinski definition) is 2. The second-order valence-corrected chi connectivity index (χ2v) is 10.6. The lowest BCUT2D eigenvalue weighted by molar-refractivity contribution is -0.141. The topological polar surface area (TPSA) is 37.9 Å². The molecule has 0 aliphatic rings. The summed E-state index contributed by atoms with van der Waals surface area (Å²) in [4.78, 5) is 5.93. The molecule has 1 N–H and O–H groups in total. The third-order valence-corrected chi connectivity index (χ3v) is 7.79. The SMILES string of the molecule is CC(C)(C)[Si](C)(C)OCc1ncc(C(F)(F)F)[nH]1. The molecule has 1 aromatic heterocycles. The molecular formula is C11H19F3N2OSi. The van der Waals surface area contributed by atoms with Crippen molar-refractivity contribution in [2.24, 2.45) is 0 Å². The summed E-state index contributed by atoms with van der Waals surface area (Å²) in [5, 5.41) is 0.0203. The molecule has 0 amide bonds. The van der Waals surface area contributed by atoms with E-state index in [9.17, 15) is 13.2 Å². The number of aromatic nitrogens is 2. The summed E-state index contributed by atoms with van der Waals surface area (Å²) in [6.45, 7) is 10.4. The Bertz CT molecular complexity index is 407. The minimum Gasteiger partial charge on any atom is -0.409 e. The predicted molar refractivity (Wildman–Crippen MR) is 65.6 cm³/mol. The lowest BCUT2D eigenvalue weighted by Gasteiger charge is -2.35. The van der Waals surface area contributed by atoms with Gasteiger partial charge in [-0.15, -0.1) is 0 Å². The van der Waals surface area contributed by atoms with E-state index in [1.54, 1.807) is 0 Å². The van der Waals surface area contributed by atoms with Gasteiger partial charge in [0.1, 0.15) is 11.5 Å². The van der Waals surface area contributed by atoms with Crippen LogP contribution in [0.3, 0.4) is 0 Å². The number of rotatable bonds is 3. The molecule has 0 bridgehead atoms. The molecule has 0 unspecified atom stereocenters. The van der Waals surface area contributed by atoms with Crippen molar-refractivity contribution in [1.29, 1.82) is 0 Å². The Hall–Kier alpha value is -0.823. The van der Waals surface area contributed by atoms with Crippen LogP contribution < -0.4 is 0 Å². The van der Waals surface area contributed by atoms with E-state index in [2.05, 4.69) is 30.7 Å². The second-order valence-electron chi connectivity index (χ2n) is 5.79. The van der Waals surface area contributed by atoms with Crippen molar-refractivity contribution in [2.75, 3.05) is 0 Å². The van der Waals surface area contributed by atoms with Gasteiger partial charge in [0.05, 0.1) is 12.8 Å². The first kappa shape index (κ1) is 15.2. The fourth-order valence-electron chi connectivity index (χ4n) is 1.05. The first-order valence-electron chi connectivity index (χ1n) is 5.68. The van der Waals surface area contributed by atoms with E-state index in [1.165, 1.54) is 0 Å². The highest BCUT2D eigenvalue weighted by Crippen LogP contribution is 2.37. The first-order chi connectivity index (χ1) is 7.93. The van der Waals surface area contributed by atoms with E-state index in [-0.39, 0.29) is 17.5 Å². The Balaban J connectivity index is 2.68. The van der Waals surface area contributed by atoms with E-state index in [0.717, 1.165) is 6.20 Å². The van der Waals surface area contributed by atoms with Gasteiger partial charge in [-0.25, -0.2) is 4.98 Å². The molecule has 0 aliphatic carbocycles. The quantitative estimate of drug-likeness (QED) is 0.851. The summed E-state index contributed by atoms with van der Waals surface area (Å²) in [5.41, 5.74) is -0.837. The summed E-state index contributed by atoms with van der Waals surface area (Å²) in [5.74, 6) is 0.215. The van der Waals surface area contributed by atoms with E-state index in [4.69, 9.17) is 4.43 Å². The number of halogens is 3. The zero-order valence-electron chi connectivity index (χ0n) is 11.3. The highest BCUT2D eigenvalue weighted by atomic mass is 28.4. The highest BCUT2D eigenvalue weighted by molar-refractivity contribution is 6.74. The summed E-state index contributed by atoms with van der Waals surface area (Å²) in [7, 11) is -1.97. The van der Waals surface area contributed by atoms with Crippen LogP contribution in [0, 0.1) is 0 Å². The fourth-order valence-corrected chi connectivity index (χ4v) is 1.98. The van der Waals surface area contributed by atoms with Gasteiger partial charge in [-0.1, -0.05) is 20.8 Å². The standard InChI is InChI=1S/C11H19F3N2OSi/c1-10(2,3)18(4,5)17-7-9-15-6-8(16-9)11(12,13)14/h6H,7H2,1-5H3,(H,15,16). The molecule has 1 rings (SSSR count). The summed E-state index contributed by atoms with van der Waals surface area (Å²) >= 11 is 0. The van der Waals surface area contributed by atoms with Gasteiger partial charge in [0.25, 0.3) is 0 Å². The molecule has 1 heterocycles. The molecule has 0 aromatic carbocycles. The minimum absolute atomic E-state index is 0.0203. The van der Waals surface area contributed by atoms with Crippen LogP contribution in [0.5, 0.6) is 0 Å². The monoisotopic (exact) mass is 280 g/mol. The normalized spacial score (nSPS) is 14.0. The highest BCUT2D eigenvalue weighted by Gasteiger charge is 2.37. The van der Waals surface area contributed by atoms with Gasteiger partial charge in [0.2, 0.25) is 0 Å². The molecular weight excluding hydrogens is 261 g/mol. The minimum atomic E-state index is -4.39. The zero-order chi connectivity index (χ0) is 14.2. The van der Waals surface area contributed by atoms with Gasteiger partial charge in [-0.05, 0) is 18.1 Å². The van der Waals surface area contributed by atoms with Crippen molar-refractivity contribution in [2.45, 2.75) is 51.7 Å². The van der Waals surface area contributed by atoms with Crippen LogP contribution in [0.4, 0.5) is 13.2 Å². The largest absolute Gasteiger partial charge is 0.432 e. The van der Waals surface area contributed by atoms with Crippen molar-refractivity contribution in [3.63, 3.8) is 0 Å².